The van der Waals surface area contributed by atoms with E-state index in [1.54, 1.807) is 0 Å². The first-order valence-electron chi connectivity index (χ1n) is 21.2. The van der Waals surface area contributed by atoms with Crippen LogP contribution in [0.1, 0.15) is 56.7 Å². The van der Waals surface area contributed by atoms with Gasteiger partial charge in [0, 0.05) is 38.5 Å². The monoisotopic (exact) mass is 779 g/mol. The molecule has 2 atom stereocenters. The predicted molar refractivity (Wildman–Crippen MR) is 254 cm³/mol. The van der Waals surface area contributed by atoms with E-state index in [0.29, 0.717) is 0 Å². The van der Waals surface area contributed by atoms with Crippen molar-refractivity contribution in [3.05, 3.63) is 217 Å². The molecule has 8 aromatic carbocycles. The molecule has 0 fully saturated rings. The lowest BCUT2D eigenvalue weighted by molar-refractivity contribution is 0.409. The van der Waals surface area contributed by atoms with Gasteiger partial charge in [0.1, 0.15) is 18.2 Å². The Morgan fingerprint density at radius 2 is 0.850 bits per heavy atom. The Morgan fingerprint density at radius 1 is 0.383 bits per heavy atom. The summed E-state index contributed by atoms with van der Waals surface area (Å²) in [6.07, 6.45) is -0.365. The Hall–Kier alpha value is -7.21. The third-order valence-electron chi connectivity index (χ3n) is 11.2. The standard InChI is InChI=1S/C51H37N5.2C2H6/c1-3-15-34(16-4-1)49-52-50(35-17-5-2-6-18-35)54-51(53-49)38-20-14-22-40(32-38)56-47-28-12-9-25-43(47)44-30-29-37(33-48(44)56)36-19-13-21-39(31-36)55-45-26-10-7-23-41(45)42-24-8-11-27-46(42)55;2*1-2/h1-33,49,51,53H,(H,52,54);2*1-2H3. The summed E-state index contributed by atoms with van der Waals surface area (Å²) in [5, 5.41) is 12.4. The molecule has 5 nitrogen and oxygen atoms in total. The Balaban J connectivity index is 0.00000112. The Kier molecular flexibility index (Phi) is 10.8. The number of hydrogen-bond donors (Lipinski definition) is 2. The number of fused-ring (bicyclic) bond motifs is 6. The van der Waals surface area contributed by atoms with Crippen LogP contribution in [-0.2, 0) is 0 Å². The summed E-state index contributed by atoms with van der Waals surface area (Å²) in [4.78, 5) is 5.25. The average Bonchev–Trinajstić information content (AvgIpc) is 3.86. The molecule has 2 unspecified atom stereocenters. The number of nitrogens with one attached hydrogen (secondary N) is 2. The van der Waals surface area contributed by atoms with Crippen molar-refractivity contribution in [1.82, 2.24) is 19.8 Å². The third kappa shape index (κ3) is 6.93. The van der Waals surface area contributed by atoms with E-state index >= 15 is 0 Å². The highest BCUT2D eigenvalue weighted by Gasteiger charge is 2.26. The van der Waals surface area contributed by atoms with Crippen molar-refractivity contribution in [3.8, 4) is 22.5 Å². The van der Waals surface area contributed by atoms with Crippen molar-refractivity contribution in [1.29, 1.82) is 0 Å². The minimum absolute atomic E-state index is 0.105. The maximum atomic E-state index is 5.25. The molecule has 0 bridgehead atoms. The summed E-state index contributed by atoms with van der Waals surface area (Å²) < 4.78 is 4.80. The van der Waals surface area contributed by atoms with E-state index in [9.17, 15) is 0 Å². The van der Waals surface area contributed by atoms with Gasteiger partial charge in [0.25, 0.3) is 0 Å². The molecule has 0 spiro atoms. The van der Waals surface area contributed by atoms with Crippen molar-refractivity contribution in [2.45, 2.75) is 40.0 Å². The first-order valence-corrected chi connectivity index (χ1v) is 21.2. The number of amidine groups is 1. The number of hydrogen-bond acceptors (Lipinski definition) is 3. The topological polar surface area (TPSA) is 46.3 Å². The lowest BCUT2D eigenvalue weighted by Crippen LogP contribution is -2.44. The van der Waals surface area contributed by atoms with E-state index in [1.165, 1.54) is 49.2 Å². The summed E-state index contributed by atoms with van der Waals surface area (Å²) in [5.74, 6) is 0.873. The van der Waals surface area contributed by atoms with Gasteiger partial charge in [-0.3, -0.25) is 5.32 Å². The van der Waals surface area contributed by atoms with Gasteiger partial charge in [0.05, 0.1) is 22.1 Å². The highest BCUT2D eigenvalue weighted by Crippen LogP contribution is 2.38. The van der Waals surface area contributed by atoms with Gasteiger partial charge in [0.2, 0.25) is 0 Å². The number of benzene rings is 8. The van der Waals surface area contributed by atoms with E-state index in [0.717, 1.165) is 39.4 Å². The van der Waals surface area contributed by atoms with E-state index in [4.69, 9.17) is 4.99 Å². The maximum Gasteiger partial charge on any atom is 0.131 e. The maximum absolute atomic E-state index is 5.25. The number of para-hydroxylation sites is 3. The number of rotatable bonds is 6. The van der Waals surface area contributed by atoms with Gasteiger partial charge < -0.3 is 14.5 Å². The summed E-state index contributed by atoms with van der Waals surface area (Å²) >= 11 is 0. The van der Waals surface area contributed by atoms with Crippen molar-refractivity contribution in [3.63, 3.8) is 0 Å². The first kappa shape index (κ1) is 38.3. The molecule has 1 aliphatic rings. The van der Waals surface area contributed by atoms with E-state index in [-0.39, 0.29) is 12.3 Å². The zero-order valence-electron chi connectivity index (χ0n) is 34.5. The van der Waals surface area contributed by atoms with Crippen LogP contribution in [0, 0.1) is 0 Å². The van der Waals surface area contributed by atoms with Crippen LogP contribution in [0.25, 0.3) is 66.1 Å². The minimum Gasteiger partial charge on any atom is -0.350 e. The zero-order chi connectivity index (χ0) is 41.0. The van der Waals surface area contributed by atoms with Crippen LogP contribution >= 0.6 is 0 Å². The predicted octanol–water partition coefficient (Wildman–Crippen LogP) is 13.9. The zero-order valence-corrected chi connectivity index (χ0v) is 34.5. The van der Waals surface area contributed by atoms with E-state index in [1.807, 2.05) is 33.8 Å². The molecule has 0 aliphatic carbocycles. The fourth-order valence-corrected chi connectivity index (χ4v) is 8.58. The van der Waals surface area contributed by atoms with E-state index in [2.05, 4.69) is 214 Å². The van der Waals surface area contributed by atoms with Crippen LogP contribution in [0.15, 0.2) is 205 Å². The molecular weight excluding hydrogens is 731 g/mol. The average molecular weight is 780 g/mol. The van der Waals surface area contributed by atoms with Crippen LogP contribution in [0.3, 0.4) is 0 Å². The van der Waals surface area contributed by atoms with Crippen molar-refractivity contribution in [2.75, 3.05) is 0 Å². The second-order valence-corrected chi connectivity index (χ2v) is 14.5. The van der Waals surface area contributed by atoms with Crippen LogP contribution < -0.4 is 10.6 Å². The Labute approximate surface area is 352 Å². The second kappa shape index (κ2) is 16.9. The summed E-state index contributed by atoms with van der Waals surface area (Å²) in [7, 11) is 0. The van der Waals surface area contributed by atoms with Crippen LogP contribution in [0.5, 0.6) is 0 Å². The van der Waals surface area contributed by atoms with Crippen molar-refractivity contribution in [2.24, 2.45) is 4.99 Å². The quantitative estimate of drug-likeness (QED) is 0.177. The van der Waals surface area contributed by atoms with Crippen molar-refractivity contribution < 1.29 is 0 Å². The van der Waals surface area contributed by atoms with Gasteiger partial charge in [-0.2, -0.15) is 0 Å². The van der Waals surface area contributed by atoms with Gasteiger partial charge in [-0.1, -0.05) is 179 Å². The second-order valence-electron chi connectivity index (χ2n) is 14.5. The van der Waals surface area contributed by atoms with Crippen LogP contribution in [-0.4, -0.2) is 15.0 Å². The summed E-state index contributed by atoms with van der Waals surface area (Å²) in [5.41, 5.74) is 12.7. The molecule has 0 saturated carbocycles. The molecule has 60 heavy (non-hydrogen) atoms. The van der Waals surface area contributed by atoms with Gasteiger partial charge in [-0.15, -0.1) is 0 Å². The minimum atomic E-state index is -0.260. The molecule has 5 heteroatoms. The normalized spacial score (nSPS) is 14.8. The van der Waals surface area contributed by atoms with Crippen molar-refractivity contribution >= 4 is 49.4 Å². The Morgan fingerprint density at radius 3 is 1.48 bits per heavy atom. The van der Waals surface area contributed by atoms with E-state index < -0.39 is 0 Å². The SMILES string of the molecule is CC.CC.c1ccc(C2=NC(c3cccc(-n4c5ccccc5c5ccc(-c6cccc(-n7c8ccccc8c8ccccc87)c6)cc54)c3)NC(c3ccccc3)N2)cc1. The van der Waals surface area contributed by atoms with Gasteiger partial charge >= 0.3 is 0 Å². The van der Waals surface area contributed by atoms with Gasteiger partial charge in [0.15, 0.2) is 0 Å². The number of aliphatic imine (C=N–C) groups is 1. The smallest absolute Gasteiger partial charge is 0.131 e. The Bertz CT molecular complexity index is 3050. The molecule has 10 aromatic rings. The molecular formula is C55H49N5. The molecule has 2 aromatic heterocycles. The highest BCUT2D eigenvalue weighted by molar-refractivity contribution is 6.11. The number of aromatic nitrogens is 2. The molecule has 11 rings (SSSR count). The summed E-state index contributed by atoms with van der Waals surface area (Å²) in [6.45, 7) is 8.00. The van der Waals surface area contributed by atoms with Gasteiger partial charge in [-0.05, 0) is 70.8 Å². The third-order valence-corrected chi connectivity index (χ3v) is 11.2. The largest absolute Gasteiger partial charge is 0.350 e. The summed E-state index contributed by atoms with van der Waals surface area (Å²) in [6, 6.07) is 71.7. The van der Waals surface area contributed by atoms with Gasteiger partial charge in [-0.25, -0.2) is 4.99 Å². The fraction of sp³-hybridized carbons (Fsp3) is 0.109. The fourth-order valence-electron chi connectivity index (χ4n) is 8.58. The molecule has 0 amide bonds. The molecule has 0 radical (unpaired) electrons. The molecule has 3 heterocycles. The lowest BCUT2D eigenvalue weighted by atomic mass is 10.0. The first-order chi connectivity index (χ1) is 29.8. The molecule has 294 valence electrons. The number of nitrogens with zero attached hydrogens (tertiary/aromatic N) is 3. The molecule has 2 N–H and O–H groups in total. The highest BCUT2D eigenvalue weighted by atomic mass is 15.3. The van der Waals surface area contributed by atoms with Crippen LogP contribution in [0.2, 0.25) is 0 Å². The lowest BCUT2D eigenvalue weighted by Gasteiger charge is -2.32. The van der Waals surface area contributed by atoms with Crippen LogP contribution in [0.4, 0.5) is 0 Å². The molecule has 1 aliphatic heterocycles. The molecule has 0 saturated heterocycles.